The van der Waals surface area contributed by atoms with E-state index in [1.807, 2.05) is 31.3 Å². The van der Waals surface area contributed by atoms with Gasteiger partial charge in [0.15, 0.2) is 11.5 Å². The molecule has 5 aromatic rings. The van der Waals surface area contributed by atoms with E-state index < -0.39 is 0 Å². The molecule has 0 spiro atoms. The summed E-state index contributed by atoms with van der Waals surface area (Å²) in [5, 5.41) is 17.8. The molecule has 0 saturated carbocycles. The smallest absolute Gasteiger partial charge is 0.253 e. The van der Waals surface area contributed by atoms with Gasteiger partial charge in [0.25, 0.3) is 5.91 Å². The van der Waals surface area contributed by atoms with Gasteiger partial charge in [-0.25, -0.2) is 4.98 Å². The van der Waals surface area contributed by atoms with Crippen LogP contribution in [-0.2, 0) is 0 Å². The normalized spacial score (nSPS) is 14.1. The zero-order valence-corrected chi connectivity index (χ0v) is 21.9. The summed E-state index contributed by atoms with van der Waals surface area (Å²) >= 11 is 0. The highest BCUT2D eigenvalue weighted by molar-refractivity contribution is 5.99. The number of benzene rings is 2. The van der Waals surface area contributed by atoms with E-state index in [0.29, 0.717) is 34.3 Å². The first-order valence-electron chi connectivity index (χ1n) is 12.8. The lowest BCUT2D eigenvalue weighted by molar-refractivity contribution is 0.0827. The molecule has 1 saturated heterocycles. The molecule has 11 heteroatoms. The molecule has 6 rings (SSSR count). The Balaban J connectivity index is 1.40. The summed E-state index contributed by atoms with van der Waals surface area (Å²) in [5.41, 5.74) is 4.63. The Bertz CT molecular complexity index is 1680. The zero-order valence-electron chi connectivity index (χ0n) is 21.9. The van der Waals surface area contributed by atoms with Crippen LogP contribution in [0.3, 0.4) is 0 Å². The van der Waals surface area contributed by atoms with Crippen molar-refractivity contribution in [2.45, 2.75) is 25.9 Å². The van der Waals surface area contributed by atoms with Crippen LogP contribution in [0.15, 0.2) is 47.0 Å². The largest absolute Gasteiger partial charge is 0.506 e. The molecule has 11 nitrogen and oxygen atoms in total. The van der Waals surface area contributed by atoms with Crippen LogP contribution >= 0.6 is 0 Å². The number of piperidine rings is 1. The molecule has 200 valence electrons. The van der Waals surface area contributed by atoms with Gasteiger partial charge in [0.2, 0.25) is 11.8 Å². The molecule has 1 aliphatic rings. The van der Waals surface area contributed by atoms with E-state index in [2.05, 4.69) is 25.6 Å². The number of phenols is 1. The quantitative estimate of drug-likeness (QED) is 0.237. The van der Waals surface area contributed by atoms with Crippen molar-refractivity contribution in [1.82, 2.24) is 30.2 Å². The number of fused-ring (bicyclic) bond motifs is 2. The number of aromatic amines is 1. The van der Waals surface area contributed by atoms with E-state index in [0.717, 1.165) is 48.0 Å². The van der Waals surface area contributed by atoms with Crippen LogP contribution < -0.4 is 15.4 Å². The monoisotopic (exact) mass is 527 g/mol. The number of carbonyl (C=O) groups excluding carboxylic acids is 1. The van der Waals surface area contributed by atoms with Crippen LogP contribution in [0.1, 0.15) is 29.1 Å². The maximum atomic E-state index is 12.3. The van der Waals surface area contributed by atoms with Crippen molar-refractivity contribution in [2.75, 3.05) is 32.5 Å². The molecule has 1 amide bonds. The number of nitrogens with zero attached hydrogens (tertiary/aromatic N) is 4. The highest BCUT2D eigenvalue weighted by atomic mass is 16.5. The first-order valence-corrected chi connectivity index (χ1v) is 12.8. The molecule has 1 fully saturated rings. The predicted molar refractivity (Wildman–Crippen MR) is 148 cm³/mol. The van der Waals surface area contributed by atoms with Crippen LogP contribution in [-0.4, -0.2) is 69.1 Å². The summed E-state index contributed by atoms with van der Waals surface area (Å²) < 4.78 is 12.2. The van der Waals surface area contributed by atoms with E-state index in [1.54, 1.807) is 26.2 Å². The van der Waals surface area contributed by atoms with Gasteiger partial charge < -0.3 is 34.8 Å². The van der Waals surface area contributed by atoms with Crippen molar-refractivity contribution in [3.63, 3.8) is 0 Å². The number of amides is 1. The number of hydrogen-bond donors (Lipinski definition) is 4. The van der Waals surface area contributed by atoms with Crippen LogP contribution in [0.5, 0.6) is 11.6 Å². The number of aromatic hydroxyl groups is 1. The van der Waals surface area contributed by atoms with Gasteiger partial charge in [-0.1, -0.05) is 6.07 Å². The minimum Gasteiger partial charge on any atom is -0.506 e. The van der Waals surface area contributed by atoms with Gasteiger partial charge >= 0.3 is 0 Å². The fourth-order valence-electron chi connectivity index (χ4n) is 4.80. The van der Waals surface area contributed by atoms with Gasteiger partial charge in [-0.3, -0.25) is 4.79 Å². The molecule has 2 aromatic carbocycles. The van der Waals surface area contributed by atoms with Gasteiger partial charge in [-0.15, -0.1) is 0 Å². The third kappa shape index (κ3) is 4.84. The molecule has 39 heavy (non-hydrogen) atoms. The summed E-state index contributed by atoms with van der Waals surface area (Å²) in [7, 11) is 3.32. The maximum absolute atomic E-state index is 12.3. The Hall–Kier alpha value is -4.64. The number of anilines is 2. The summed E-state index contributed by atoms with van der Waals surface area (Å²) in [6, 6.07) is 10.6. The number of carbonyl (C=O) groups is 1. The highest BCUT2D eigenvalue weighted by Gasteiger charge is 2.22. The lowest BCUT2D eigenvalue weighted by Crippen LogP contribution is -2.34. The SMILES string of the molecule is Cc1nc2ccc(-c3c[nH]c4nc(Nc5ccc(C(=O)N(C)C)cc5O)nc(OC5CCNCC5)c34)cc2o1. The van der Waals surface area contributed by atoms with Gasteiger partial charge in [0, 0.05) is 38.3 Å². The Morgan fingerprint density at radius 2 is 1.95 bits per heavy atom. The van der Waals surface area contributed by atoms with Crippen LogP contribution in [0, 0.1) is 6.92 Å². The molecule has 0 atom stereocenters. The number of phenolic OH excluding ortho intramolecular Hbond substituents is 1. The van der Waals surface area contributed by atoms with Crippen molar-refractivity contribution in [2.24, 2.45) is 0 Å². The maximum Gasteiger partial charge on any atom is 0.253 e. The number of ether oxygens (including phenoxy) is 1. The van der Waals surface area contributed by atoms with E-state index in [9.17, 15) is 9.90 Å². The zero-order chi connectivity index (χ0) is 27.1. The summed E-state index contributed by atoms with van der Waals surface area (Å²) in [6.07, 6.45) is 3.60. The fraction of sp³-hybridized carbons (Fsp3) is 0.286. The van der Waals surface area contributed by atoms with Crippen molar-refractivity contribution in [3.8, 4) is 22.8 Å². The molecule has 4 N–H and O–H groups in total. The highest BCUT2D eigenvalue weighted by Crippen LogP contribution is 2.37. The predicted octanol–water partition coefficient (Wildman–Crippen LogP) is 4.36. The molecule has 3 aromatic heterocycles. The van der Waals surface area contributed by atoms with Gasteiger partial charge in [0.05, 0.1) is 11.1 Å². The number of H-pyrrole nitrogens is 1. The van der Waals surface area contributed by atoms with Crippen molar-refractivity contribution < 1.29 is 19.1 Å². The molecule has 0 bridgehead atoms. The lowest BCUT2D eigenvalue weighted by atomic mass is 10.1. The molecule has 1 aliphatic heterocycles. The second-order valence-corrected chi connectivity index (χ2v) is 9.82. The topological polar surface area (TPSA) is 141 Å². The number of hydrogen-bond acceptors (Lipinski definition) is 9. The third-order valence-corrected chi connectivity index (χ3v) is 6.77. The van der Waals surface area contributed by atoms with Gasteiger partial charge in [0.1, 0.15) is 23.0 Å². The van der Waals surface area contributed by atoms with Crippen molar-refractivity contribution >= 4 is 39.7 Å². The second kappa shape index (κ2) is 9.91. The minimum absolute atomic E-state index is 0.00378. The lowest BCUT2D eigenvalue weighted by Gasteiger charge is -2.24. The average Bonchev–Trinajstić information content (AvgIpc) is 3.52. The number of oxazole rings is 1. The molecule has 0 aliphatic carbocycles. The minimum atomic E-state index is -0.204. The number of aromatic nitrogens is 4. The Kier molecular flexibility index (Phi) is 6.27. The molecule has 4 heterocycles. The summed E-state index contributed by atoms with van der Waals surface area (Å²) in [5.74, 6) is 1.01. The number of rotatable bonds is 6. The second-order valence-electron chi connectivity index (χ2n) is 9.82. The fourth-order valence-corrected chi connectivity index (χ4v) is 4.80. The molecule has 0 unspecified atom stereocenters. The summed E-state index contributed by atoms with van der Waals surface area (Å²) in [4.78, 5) is 30.8. The number of aryl methyl sites for hydroxylation is 1. The molecule has 0 radical (unpaired) electrons. The van der Waals surface area contributed by atoms with E-state index in [-0.39, 0.29) is 23.7 Å². The molecular formula is C28H29N7O4. The van der Waals surface area contributed by atoms with E-state index >= 15 is 0 Å². The van der Waals surface area contributed by atoms with Gasteiger partial charge in [-0.05, 0) is 61.8 Å². The van der Waals surface area contributed by atoms with Gasteiger partial charge in [-0.2, -0.15) is 9.97 Å². The Morgan fingerprint density at radius 1 is 1.13 bits per heavy atom. The number of nitrogens with one attached hydrogen (secondary N) is 3. The van der Waals surface area contributed by atoms with E-state index in [1.165, 1.54) is 11.0 Å². The standard InChI is InChI=1S/C28H29N7O4/c1-15-31-21-7-4-16(13-23(21)38-15)19-14-30-25-24(19)26(39-18-8-10-29-11-9-18)34-28(33-25)32-20-6-5-17(12-22(20)36)27(37)35(2)3/h4-7,12-14,18,29,36H,8-11H2,1-3H3,(H2,30,32,33,34). The van der Waals surface area contributed by atoms with Crippen LogP contribution in [0.25, 0.3) is 33.3 Å². The Morgan fingerprint density at radius 3 is 2.72 bits per heavy atom. The first-order chi connectivity index (χ1) is 18.9. The molecular weight excluding hydrogens is 498 g/mol. The van der Waals surface area contributed by atoms with Crippen LogP contribution in [0.2, 0.25) is 0 Å². The van der Waals surface area contributed by atoms with Crippen molar-refractivity contribution in [3.05, 3.63) is 54.0 Å². The average molecular weight is 528 g/mol. The van der Waals surface area contributed by atoms with Crippen LogP contribution in [0.4, 0.5) is 11.6 Å². The van der Waals surface area contributed by atoms with Crippen molar-refractivity contribution in [1.29, 1.82) is 0 Å². The third-order valence-electron chi connectivity index (χ3n) is 6.77. The Labute approximate surface area is 224 Å². The summed E-state index contributed by atoms with van der Waals surface area (Å²) in [6.45, 7) is 3.57. The first kappa shape index (κ1) is 24.7. The van der Waals surface area contributed by atoms with E-state index in [4.69, 9.17) is 14.1 Å².